The number of carbonyl (C=O) groups is 1. The lowest BCUT2D eigenvalue weighted by Crippen LogP contribution is -2.21. The monoisotopic (exact) mass is 326 g/mol. The molecule has 3 nitrogen and oxygen atoms in total. The normalized spacial score (nSPS) is 15.9. The van der Waals surface area contributed by atoms with E-state index in [4.69, 9.17) is 0 Å². The molecule has 0 saturated carbocycles. The number of hydrazone groups is 1. The van der Waals surface area contributed by atoms with Crippen molar-refractivity contribution in [3.63, 3.8) is 0 Å². The molecule has 0 radical (unpaired) electrons. The molecular weight excluding hydrogens is 308 g/mol. The molecule has 0 unspecified atom stereocenters. The van der Waals surface area contributed by atoms with Gasteiger partial charge >= 0.3 is 0 Å². The van der Waals surface area contributed by atoms with E-state index in [0.717, 1.165) is 33.3 Å². The lowest BCUT2D eigenvalue weighted by Gasteiger charge is -2.11. The molecule has 0 N–H and O–H groups in total. The molecule has 0 spiro atoms. The summed E-state index contributed by atoms with van der Waals surface area (Å²) in [7, 11) is 0. The Balaban J connectivity index is 1.76. The summed E-state index contributed by atoms with van der Waals surface area (Å²) in [5, 5.41) is 8.23. The number of nitrogens with zero attached hydrogens (tertiary/aromatic N) is 2. The Kier molecular flexibility index (Phi) is 3.69. The third-order valence-corrected chi connectivity index (χ3v) is 4.46. The van der Waals surface area contributed by atoms with Gasteiger partial charge in [0.25, 0.3) is 5.91 Å². The number of hydrogen-bond acceptors (Lipinski definition) is 2. The molecule has 0 bridgehead atoms. The number of rotatable bonds is 2. The van der Waals surface area contributed by atoms with Crippen LogP contribution in [0.3, 0.4) is 0 Å². The smallest absolute Gasteiger partial charge is 0.267 e. The Morgan fingerprint density at radius 2 is 1.60 bits per heavy atom. The molecule has 3 aromatic carbocycles. The topological polar surface area (TPSA) is 32.7 Å². The molecule has 25 heavy (non-hydrogen) atoms. The highest BCUT2D eigenvalue weighted by molar-refractivity contribution is 6.32. The molecule has 0 fully saturated rings. The van der Waals surface area contributed by atoms with Crippen molar-refractivity contribution in [2.45, 2.75) is 13.8 Å². The highest BCUT2D eigenvalue weighted by Gasteiger charge is 2.28. The summed E-state index contributed by atoms with van der Waals surface area (Å²) in [6.45, 7) is 3.90. The molecule has 1 aliphatic heterocycles. The molecule has 1 aliphatic rings. The summed E-state index contributed by atoms with van der Waals surface area (Å²) in [5.74, 6) is -0.0886. The van der Waals surface area contributed by atoms with Crippen molar-refractivity contribution in [2.24, 2.45) is 5.10 Å². The first-order valence-electron chi connectivity index (χ1n) is 8.30. The van der Waals surface area contributed by atoms with Gasteiger partial charge in [0, 0.05) is 0 Å². The molecule has 0 aliphatic carbocycles. The van der Waals surface area contributed by atoms with E-state index in [1.165, 1.54) is 5.01 Å². The van der Waals surface area contributed by atoms with E-state index in [0.29, 0.717) is 5.57 Å². The average Bonchev–Trinajstić information content (AvgIpc) is 2.91. The number of benzene rings is 3. The maximum atomic E-state index is 12.9. The van der Waals surface area contributed by atoms with E-state index < -0.39 is 0 Å². The first-order chi connectivity index (χ1) is 12.1. The van der Waals surface area contributed by atoms with Gasteiger partial charge in [-0.25, -0.2) is 0 Å². The fourth-order valence-electron chi connectivity index (χ4n) is 3.08. The molecule has 4 rings (SSSR count). The predicted octanol–water partition coefficient (Wildman–Crippen LogP) is 4.95. The van der Waals surface area contributed by atoms with Crippen LogP contribution in [0.15, 0.2) is 77.4 Å². The van der Waals surface area contributed by atoms with Crippen molar-refractivity contribution in [1.82, 2.24) is 0 Å². The van der Waals surface area contributed by atoms with Crippen molar-refractivity contribution in [3.8, 4) is 0 Å². The van der Waals surface area contributed by atoms with Crippen molar-refractivity contribution >= 4 is 34.2 Å². The summed E-state index contributed by atoms with van der Waals surface area (Å²) in [6.07, 6.45) is 1.94. The third-order valence-electron chi connectivity index (χ3n) is 4.46. The predicted molar refractivity (Wildman–Crippen MR) is 104 cm³/mol. The minimum Gasteiger partial charge on any atom is -0.267 e. The lowest BCUT2D eigenvalue weighted by atomic mass is 10.0. The number of aryl methyl sites for hydroxylation is 1. The van der Waals surface area contributed by atoms with Crippen LogP contribution in [0.1, 0.15) is 18.1 Å². The van der Waals surface area contributed by atoms with Gasteiger partial charge in [-0.15, -0.1) is 0 Å². The Labute approximate surface area is 146 Å². The zero-order valence-corrected chi connectivity index (χ0v) is 14.2. The second-order valence-electron chi connectivity index (χ2n) is 6.26. The molecule has 0 saturated heterocycles. The van der Waals surface area contributed by atoms with Gasteiger partial charge < -0.3 is 0 Å². The largest absolute Gasteiger partial charge is 0.280 e. The second kappa shape index (κ2) is 6.02. The van der Waals surface area contributed by atoms with Gasteiger partial charge in [0.1, 0.15) is 0 Å². The zero-order valence-electron chi connectivity index (χ0n) is 14.2. The first-order valence-corrected chi connectivity index (χ1v) is 8.30. The Hall–Kier alpha value is -3.20. The van der Waals surface area contributed by atoms with E-state index in [9.17, 15) is 4.79 Å². The van der Waals surface area contributed by atoms with Gasteiger partial charge in [-0.3, -0.25) is 4.79 Å². The van der Waals surface area contributed by atoms with Gasteiger partial charge in [0.15, 0.2) is 0 Å². The standard InChI is InChI=1S/C22H18N2O/c1-15-10-12-19(13-11-15)24-22(25)21(16(2)23-24)14-18-8-5-7-17-6-3-4-9-20(17)18/h3-14H,1-2H3/b21-14+. The fraction of sp³-hybridized carbons (Fsp3) is 0.0909. The highest BCUT2D eigenvalue weighted by Crippen LogP contribution is 2.27. The van der Waals surface area contributed by atoms with Gasteiger partial charge in [0.05, 0.1) is 17.0 Å². The minimum atomic E-state index is -0.0886. The van der Waals surface area contributed by atoms with Gasteiger partial charge in [-0.05, 0) is 48.4 Å². The number of carbonyl (C=O) groups excluding carboxylic acids is 1. The molecular formula is C22H18N2O. The number of hydrogen-bond donors (Lipinski definition) is 0. The van der Waals surface area contributed by atoms with Crippen LogP contribution >= 0.6 is 0 Å². The summed E-state index contributed by atoms with van der Waals surface area (Å²) in [5.41, 5.74) is 4.34. The second-order valence-corrected chi connectivity index (χ2v) is 6.26. The van der Waals surface area contributed by atoms with E-state index in [-0.39, 0.29) is 5.91 Å². The van der Waals surface area contributed by atoms with E-state index in [2.05, 4.69) is 23.3 Å². The average molecular weight is 326 g/mol. The molecule has 1 amide bonds. The molecule has 1 heterocycles. The molecule has 0 aromatic heterocycles. The van der Waals surface area contributed by atoms with E-state index in [1.807, 2.05) is 68.5 Å². The molecule has 0 atom stereocenters. The number of fused-ring (bicyclic) bond motifs is 1. The highest BCUT2D eigenvalue weighted by atomic mass is 16.2. The summed E-state index contributed by atoms with van der Waals surface area (Å²) in [4.78, 5) is 12.9. The van der Waals surface area contributed by atoms with Gasteiger partial charge in [-0.1, -0.05) is 60.2 Å². The van der Waals surface area contributed by atoms with Crippen molar-refractivity contribution in [2.75, 3.05) is 5.01 Å². The van der Waals surface area contributed by atoms with E-state index >= 15 is 0 Å². The van der Waals surface area contributed by atoms with Crippen LogP contribution in [0.25, 0.3) is 16.8 Å². The SMILES string of the molecule is CC1=NN(c2ccc(C)cc2)C(=O)/C1=C/c1cccc2ccccc12. The van der Waals surface area contributed by atoms with Crippen LogP contribution in [0.4, 0.5) is 5.69 Å². The number of anilines is 1. The third kappa shape index (κ3) is 2.74. The Morgan fingerprint density at radius 1 is 0.880 bits per heavy atom. The molecule has 122 valence electrons. The van der Waals surface area contributed by atoms with Crippen LogP contribution in [-0.4, -0.2) is 11.6 Å². The lowest BCUT2D eigenvalue weighted by molar-refractivity contribution is -0.114. The molecule has 3 aromatic rings. The van der Waals surface area contributed by atoms with Crippen LogP contribution in [0.2, 0.25) is 0 Å². The quantitative estimate of drug-likeness (QED) is 0.613. The van der Waals surface area contributed by atoms with Crippen molar-refractivity contribution < 1.29 is 4.79 Å². The Bertz CT molecular complexity index is 1020. The maximum absolute atomic E-state index is 12.9. The van der Waals surface area contributed by atoms with Crippen LogP contribution < -0.4 is 5.01 Å². The van der Waals surface area contributed by atoms with Crippen LogP contribution in [-0.2, 0) is 4.79 Å². The van der Waals surface area contributed by atoms with Crippen LogP contribution in [0, 0.1) is 6.92 Å². The first kappa shape index (κ1) is 15.3. The van der Waals surface area contributed by atoms with E-state index in [1.54, 1.807) is 0 Å². The van der Waals surface area contributed by atoms with Gasteiger partial charge in [-0.2, -0.15) is 10.1 Å². The fourth-order valence-corrected chi connectivity index (χ4v) is 3.08. The zero-order chi connectivity index (χ0) is 17.4. The Morgan fingerprint density at radius 3 is 2.40 bits per heavy atom. The number of amides is 1. The molecule has 3 heteroatoms. The van der Waals surface area contributed by atoms with Crippen LogP contribution in [0.5, 0.6) is 0 Å². The minimum absolute atomic E-state index is 0.0886. The summed E-state index contributed by atoms with van der Waals surface area (Å²) < 4.78 is 0. The maximum Gasteiger partial charge on any atom is 0.280 e. The summed E-state index contributed by atoms with van der Waals surface area (Å²) in [6, 6.07) is 22.1. The summed E-state index contributed by atoms with van der Waals surface area (Å²) >= 11 is 0. The van der Waals surface area contributed by atoms with Gasteiger partial charge in [0.2, 0.25) is 0 Å². The van der Waals surface area contributed by atoms with Crippen molar-refractivity contribution in [3.05, 3.63) is 83.4 Å². The van der Waals surface area contributed by atoms with Crippen molar-refractivity contribution in [1.29, 1.82) is 0 Å².